The average Bonchev–Trinajstić information content (AvgIpc) is 2.30. The van der Waals surface area contributed by atoms with Crippen LogP contribution >= 0.6 is 0 Å². The smallest absolute Gasteiger partial charge is 0.177 e. The number of hydrogen-bond acceptors (Lipinski definition) is 3. The molecule has 1 aliphatic heterocycles. The lowest BCUT2D eigenvalue weighted by Crippen LogP contribution is -2.34. The molecule has 1 aromatic carbocycles. The summed E-state index contributed by atoms with van der Waals surface area (Å²) in [5.41, 5.74) is 1.11. The molecule has 1 N–H and O–H groups in total. The molecule has 0 radical (unpaired) electrons. The van der Waals surface area contributed by atoms with E-state index in [1.54, 1.807) is 0 Å². The fourth-order valence-electron chi connectivity index (χ4n) is 1.37. The van der Waals surface area contributed by atoms with Crippen LogP contribution < -0.4 is 0 Å². The van der Waals surface area contributed by atoms with E-state index >= 15 is 0 Å². The van der Waals surface area contributed by atoms with E-state index in [1.807, 2.05) is 42.5 Å². The first kappa shape index (κ1) is 10.4. The Bertz CT molecular complexity index is 313. The molecule has 0 spiro atoms. The Labute approximate surface area is 88.9 Å². The van der Waals surface area contributed by atoms with E-state index in [0.29, 0.717) is 13.2 Å². The van der Waals surface area contributed by atoms with Crippen molar-refractivity contribution in [1.82, 2.24) is 0 Å². The largest absolute Gasteiger partial charge is 0.388 e. The average molecular weight is 206 g/mol. The molecule has 1 aromatic rings. The van der Waals surface area contributed by atoms with E-state index in [9.17, 15) is 0 Å². The van der Waals surface area contributed by atoms with E-state index in [2.05, 4.69) is 0 Å². The number of rotatable bonds is 2. The maximum atomic E-state index is 9.14. The van der Waals surface area contributed by atoms with Crippen LogP contribution in [0.1, 0.15) is 5.56 Å². The van der Waals surface area contributed by atoms with Crippen molar-refractivity contribution in [2.24, 2.45) is 0 Å². The molecule has 2 rings (SSSR count). The van der Waals surface area contributed by atoms with Crippen molar-refractivity contribution >= 4 is 6.08 Å². The summed E-state index contributed by atoms with van der Waals surface area (Å²) >= 11 is 0. The second kappa shape index (κ2) is 5.07. The summed E-state index contributed by atoms with van der Waals surface area (Å²) in [5, 5.41) is 9.14. The normalized spacial score (nSPS) is 27.0. The highest BCUT2D eigenvalue weighted by atomic mass is 16.7. The van der Waals surface area contributed by atoms with Gasteiger partial charge >= 0.3 is 0 Å². The summed E-state index contributed by atoms with van der Waals surface area (Å²) in [6.45, 7) is 0.674. The number of aliphatic hydroxyl groups is 1. The van der Waals surface area contributed by atoms with Gasteiger partial charge in [-0.2, -0.15) is 0 Å². The van der Waals surface area contributed by atoms with Gasteiger partial charge in [0.05, 0.1) is 13.2 Å². The highest BCUT2D eigenvalue weighted by molar-refractivity contribution is 5.48. The molecule has 0 aliphatic carbocycles. The van der Waals surface area contributed by atoms with Gasteiger partial charge in [-0.25, -0.2) is 0 Å². The number of aliphatic hydroxyl groups excluding tert-OH is 1. The second-order valence-corrected chi connectivity index (χ2v) is 3.46. The van der Waals surface area contributed by atoms with Crippen LogP contribution in [0.15, 0.2) is 36.4 Å². The standard InChI is InChI=1S/C12H14O3/c13-11-8-14-12(15-9-11)7-6-10-4-2-1-3-5-10/h1-7,11-13H,8-9H2/b7-6+. The maximum absolute atomic E-state index is 9.14. The molecular formula is C12H14O3. The predicted molar refractivity (Wildman–Crippen MR) is 57.2 cm³/mol. The number of ether oxygens (including phenoxy) is 2. The van der Waals surface area contributed by atoms with Crippen molar-refractivity contribution in [3.8, 4) is 0 Å². The van der Waals surface area contributed by atoms with Crippen LogP contribution in [0.4, 0.5) is 0 Å². The van der Waals surface area contributed by atoms with Crippen LogP contribution in [0.5, 0.6) is 0 Å². The van der Waals surface area contributed by atoms with Gasteiger partial charge in [-0.3, -0.25) is 0 Å². The van der Waals surface area contributed by atoms with Gasteiger partial charge in [0.25, 0.3) is 0 Å². The lowest BCUT2D eigenvalue weighted by molar-refractivity contribution is -0.192. The third-order valence-corrected chi connectivity index (χ3v) is 2.15. The van der Waals surface area contributed by atoms with Crippen LogP contribution in [0.2, 0.25) is 0 Å². The molecule has 0 saturated carbocycles. The van der Waals surface area contributed by atoms with Crippen molar-refractivity contribution in [1.29, 1.82) is 0 Å². The van der Waals surface area contributed by atoms with Gasteiger partial charge in [0.15, 0.2) is 6.29 Å². The molecule has 1 heterocycles. The van der Waals surface area contributed by atoms with Crippen molar-refractivity contribution in [2.75, 3.05) is 13.2 Å². The Morgan fingerprint density at radius 3 is 2.47 bits per heavy atom. The first-order valence-electron chi connectivity index (χ1n) is 4.99. The molecule has 0 amide bonds. The minimum atomic E-state index is -0.494. The molecule has 1 aliphatic rings. The van der Waals surface area contributed by atoms with Crippen LogP contribution in [0, 0.1) is 0 Å². The monoisotopic (exact) mass is 206 g/mol. The van der Waals surface area contributed by atoms with Gasteiger partial charge in [0.1, 0.15) is 6.10 Å². The zero-order chi connectivity index (χ0) is 10.5. The quantitative estimate of drug-likeness (QED) is 0.795. The summed E-state index contributed by atoms with van der Waals surface area (Å²) in [6.07, 6.45) is 2.96. The minimum Gasteiger partial charge on any atom is -0.388 e. The van der Waals surface area contributed by atoms with Gasteiger partial charge in [-0.05, 0) is 11.6 Å². The number of benzene rings is 1. The van der Waals surface area contributed by atoms with Crippen molar-refractivity contribution < 1.29 is 14.6 Å². The zero-order valence-electron chi connectivity index (χ0n) is 8.37. The summed E-state index contributed by atoms with van der Waals surface area (Å²) in [7, 11) is 0. The van der Waals surface area contributed by atoms with E-state index in [1.165, 1.54) is 0 Å². The van der Waals surface area contributed by atoms with Crippen LogP contribution in [0.3, 0.4) is 0 Å². The topological polar surface area (TPSA) is 38.7 Å². The summed E-state index contributed by atoms with van der Waals surface area (Å²) in [4.78, 5) is 0. The zero-order valence-corrected chi connectivity index (χ0v) is 8.37. The summed E-state index contributed by atoms with van der Waals surface area (Å²) in [5.74, 6) is 0. The Hall–Kier alpha value is -1.16. The van der Waals surface area contributed by atoms with E-state index in [0.717, 1.165) is 5.56 Å². The van der Waals surface area contributed by atoms with Crippen LogP contribution in [-0.4, -0.2) is 30.7 Å². The molecule has 0 atom stereocenters. The highest BCUT2D eigenvalue weighted by Gasteiger charge is 2.17. The van der Waals surface area contributed by atoms with Gasteiger partial charge < -0.3 is 14.6 Å². The summed E-state index contributed by atoms with van der Waals surface area (Å²) < 4.78 is 10.5. The lowest BCUT2D eigenvalue weighted by Gasteiger charge is -2.24. The van der Waals surface area contributed by atoms with E-state index < -0.39 is 6.10 Å². The molecule has 1 fully saturated rings. The van der Waals surface area contributed by atoms with E-state index in [4.69, 9.17) is 14.6 Å². The van der Waals surface area contributed by atoms with Crippen LogP contribution in [-0.2, 0) is 9.47 Å². The first-order chi connectivity index (χ1) is 7.34. The molecule has 3 heteroatoms. The molecule has 3 nitrogen and oxygen atoms in total. The molecule has 15 heavy (non-hydrogen) atoms. The third kappa shape index (κ3) is 3.16. The molecule has 0 unspecified atom stereocenters. The molecule has 0 aromatic heterocycles. The van der Waals surface area contributed by atoms with Crippen LogP contribution in [0.25, 0.3) is 6.08 Å². The minimum absolute atomic E-state index is 0.337. The lowest BCUT2D eigenvalue weighted by atomic mass is 10.2. The highest BCUT2D eigenvalue weighted by Crippen LogP contribution is 2.09. The Morgan fingerprint density at radius 1 is 1.13 bits per heavy atom. The van der Waals surface area contributed by atoms with Gasteiger partial charge in [0, 0.05) is 0 Å². The Morgan fingerprint density at radius 2 is 1.80 bits per heavy atom. The number of hydrogen-bond donors (Lipinski definition) is 1. The SMILES string of the molecule is OC1COC(/C=C/c2ccccc2)OC1. The second-order valence-electron chi connectivity index (χ2n) is 3.46. The fraction of sp³-hybridized carbons (Fsp3) is 0.333. The van der Waals surface area contributed by atoms with Crippen molar-refractivity contribution in [2.45, 2.75) is 12.4 Å². The third-order valence-electron chi connectivity index (χ3n) is 2.15. The molecule has 0 bridgehead atoms. The van der Waals surface area contributed by atoms with Gasteiger partial charge in [-0.15, -0.1) is 0 Å². The molecule has 1 saturated heterocycles. The predicted octanol–water partition coefficient (Wildman–Crippen LogP) is 1.43. The Kier molecular flexibility index (Phi) is 3.50. The van der Waals surface area contributed by atoms with Gasteiger partial charge in [-0.1, -0.05) is 36.4 Å². The molecular weight excluding hydrogens is 192 g/mol. The first-order valence-corrected chi connectivity index (χ1v) is 4.99. The fourth-order valence-corrected chi connectivity index (χ4v) is 1.37. The Balaban J connectivity index is 1.89. The van der Waals surface area contributed by atoms with Gasteiger partial charge in [0.2, 0.25) is 0 Å². The molecule has 80 valence electrons. The summed E-state index contributed by atoms with van der Waals surface area (Å²) in [6, 6.07) is 9.95. The van der Waals surface area contributed by atoms with Crippen molar-refractivity contribution in [3.05, 3.63) is 42.0 Å². The van der Waals surface area contributed by atoms with E-state index in [-0.39, 0.29) is 6.29 Å². The maximum Gasteiger partial charge on any atom is 0.177 e. The van der Waals surface area contributed by atoms with Crippen molar-refractivity contribution in [3.63, 3.8) is 0 Å².